The molecule has 3 aliphatic rings. The molecule has 2 saturated carbocycles. The lowest BCUT2D eigenvalue weighted by atomic mass is 9.99. The summed E-state index contributed by atoms with van der Waals surface area (Å²) >= 11 is 0. The highest BCUT2D eigenvalue weighted by Gasteiger charge is 2.41. The molecular weight excluding hydrogens is 338 g/mol. The van der Waals surface area contributed by atoms with Gasteiger partial charge in [-0.15, -0.1) is 12.4 Å². The number of sulfonamides is 1. The number of hydrogen-bond acceptors (Lipinski definition) is 4. The summed E-state index contributed by atoms with van der Waals surface area (Å²) in [5.74, 6) is 0.390. The minimum absolute atomic E-state index is 0. The lowest BCUT2D eigenvalue weighted by molar-refractivity contribution is -0.123. The first kappa shape index (κ1) is 19.0. The smallest absolute Gasteiger partial charge is 0.220 e. The van der Waals surface area contributed by atoms with E-state index < -0.39 is 10.0 Å². The first-order valence-corrected chi connectivity index (χ1v) is 10.0. The Morgan fingerprint density at radius 2 is 1.74 bits per heavy atom. The number of nitrogens with one attached hydrogen (secondary N) is 1. The second kappa shape index (κ2) is 7.68. The summed E-state index contributed by atoms with van der Waals surface area (Å²) in [6.45, 7) is 1.07. The first-order valence-electron chi connectivity index (χ1n) is 8.50. The summed E-state index contributed by atoms with van der Waals surface area (Å²) in [6, 6.07) is 0.270. The molecule has 1 aliphatic heterocycles. The van der Waals surface area contributed by atoms with Crippen LogP contribution in [0.15, 0.2) is 0 Å². The van der Waals surface area contributed by atoms with E-state index in [0.717, 1.165) is 32.1 Å². The molecule has 3 N–H and O–H groups in total. The maximum atomic E-state index is 12.2. The number of hydrogen-bond donors (Lipinski definition) is 2. The van der Waals surface area contributed by atoms with Crippen LogP contribution < -0.4 is 11.1 Å². The number of nitrogens with zero attached hydrogens (tertiary/aromatic N) is 1. The molecule has 23 heavy (non-hydrogen) atoms. The molecule has 0 aromatic heterocycles. The number of amides is 1. The summed E-state index contributed by atoms with van der Waals surface area (Å²) in [4.78, 5) is 12.1. The van der Waals surface area contributed by atoms with Gasteiger partial charge in [0.1, 0.15) is 0 Å². The molecule has 0 bridgehead atoms. The predicted molar refractivity (Wildman–Crippen MR) is 91.9 cm³/mol. The van der Waals surface area contributed by atoms with Crippen LogP contribution in [0, 0.1) is 5.92 Å². The summed E-state index contributed by atoms with van der Waals surface area (Å²) in [5.41, 5.74) is 6.01. The van der Waals surface area contributed by atoms with E-state index in [9.17, 15) is 13.2 Å². The lowest BCUT2D eigenvalue weighted by Gasteiger charge is -2.32. The van der Waals surface area contributed by atoms with E-state index in [1.165, 1.54) is 0 Å². The molecule has 0 aromatic rings. The molecule has 0 unspecified atom stereocenters. The topological polar surface area (TPSA) is 92.5 Å². The van der Waals surface area contributed by atoms with E-state index in [2.05, 4.69) is 5.32 Å². The van der Waals surface area contributed by atoms with Gasteiger partial charge in [-0.1, -0.05) is 6.42 Å². The zero-order valence-corrected chi connectivity index (χ0v) is 15.1. The van der Waals surface area contributed by atoms with Crippen LogP contribution in [-0.4, -0.2) is 49.1 Å². The molecule has 3 rings (SSSR count). The fourth-order valence-corrected chi connectivity index (χ4v) is 5.55. The largest absolute Gasteiger partial charge is 0.353 e. The van der Waals surface area contributed by atoms with Crippen LogP contribution in [0.4, 0.5) is 0 Å². The van der Waals surface area contributed by atoms with Crippen LogP contribution in [0.2, 0.25) is 0 Å². The fraction of sp³-hybridized carbons (Fsp3) is 0.933. The van der Waals surface area contributed by atoms with Gasteiger partial charge in [-0.2, -0.15) is 0 Å². The van der Waals surface area contributed by atoms with Gasteiger partial charge in [0.2, 0.25) is 15.9 Å². The third-order valence-corrected chi connectivity index (χ3v) is 7.69. The average Bonchev–Trinajstić information content (AvgIpc) is 3.26. The quantitative estimate of drug-likeness (QED) is 0.760. The maximum absolute atomic E-state index is 12.2. The van der Waals surface area contributed by atoms with Gasteiger partial charge in [-0.3, -0.25) is 4.79 Å². The average molecular weight is 366 g/mol. The molecule has 0 radical (unpaired) electrons. The highest BCUT2D eigenvalue weighted by atomic mass is 35.5. The van der Waals surface area contributed by atoms with Gasteiger partial charge >= 0.3 is 0 Å². The van der Waals surface area contributed by atoms with Crippen molar-refractivity contribution in [2.24, 2.45) is 11.7 Å². The molecule has 8 heteroatoms. The molecule has 1 saturated heterocycles. The SMILES string of the molecule is Cl.N[C@@H]1CCC[C@H]1CC(=O)NC1CCN(S(=O)(=O)C2CC2)CC1. The third-order valence-electron chi connectivity index (χ3n) is 5.29. The van der Waals surface area contributed by atoms with Gasteiger partial charge in [-0.05, 0) is 44.4 Å². The van der Waals surface area contributed by atoms with Crippen molar-refractivity contribution in [1.29, 1.82) is 0 Å². The highest BCUT2D eigenvalue weighted by molar-refractivity contribution is 7.90. The van der Waals surface area contributed by atoms with Gasteiger partial charge in [0, 0.05) is 31.6 Å². The molecule has 0 aromatic carbocycles. The Bertz CT molecular complexity index is 516. The zero-order valence-electron chi connectivity index (χ0n) is 13.4. The number of carbonyl (C=O) groups excluding carboxylic acids is 1. The van der Waals surface area contributed by atoms with Gasteiger partial charge < -0.3 is 11.1 Å². The Morgan fingerprint density at radius 1 is 1.09 bits per heavy atom. The number of piperidine rings is 1. The van der Waals surface area contributed by atoms with Gasteiger partial charge in [0.15, 0.2) is 0 Å². The Kier molecular flexibility index (Phi) is 6.33. The zero-order chi connectivity index (χ0) is 15.7. The molecule has 0 spiro atoms. The van der Waals surface area contributed by atoms with Gasteiger partial charge in [0.25, 0.3) is 0 Å². The number of halogens is 1. The maximum Gasteiger partial charge on any atom is 0.220 e. The fourth-order valence-electron chi connectivity index (χ4n) is 3.68. The van der Waals surface area contributed by atoms with Crippen molar-refractivity contribution in [3.63, 3.8) is 0 Å². The van der Waals surface area contributed by atoms with Crippen molar-refractivity contribution in [1.82, 2.24) is 9.62 Å². The summed E-state index contributed by atoms with van der Waals surface area (Å²) in [6.07, 6.45) is 6.75. The molecular formula is C15H28ClN3O3S. The van der Waals surface area contributed by atoms with Crippen LogP contribution >= 0.6 is 12.4 Å². The Morgan fingerprint density at radius 3 is 2.26 bits per heavy atom. The Labute approximate surface area is 145 Å². The van der Waals surface area contributed by atoms with Crippen molar-refractivity contribution in [2.75, 3.05) is 13.1 Å². The number of rotatable bonds is 5. The van der Waals surface area contributed by atoms with Crippen LogP contribution in [0.1, 0.15) is 51.4 Å². The Balaban J connectivity index is 0.00000192. The molecule has 2 atom stereocenters. The standard InChI is InChI=1S/C15H27N3O3S.ClH/c16-14-3-1-2-11(14)10-15(19)17-12-6-8-18(9-7-12)22(20,21)13-4-5-13;/h11-14H,1-10,16H2,(H,17,19);1H/t11-,14+;/m0./s1. The summed E-state index contributed by atoms with van der Waals surface area (Å²) in [7, 11) is -3.06. The molecule has 134 valence electrons. The predicted octanol–water partition coefficient (Wildman–Crippen LogP) is 0.999. The third kappa shape index (κ3) is 4.59. The molecule has 1 heterocycles. The highest BCUT2D eigenvalue weighted by Crippen LogP contribution is 2.32. The number of nitrogens with two attached hydrogens (primary N) is 1. The van der Waals surface area contributed by atoms with E-state index in [4.69, 9.17) is 5.73 Å². The monoisotopic (exact) mass is 365 g/mol. The van der Waals surface area contributed by atoms with Crippen molar-refractivity contribution < 1.29 is 13.2 Å². The van der Waals surface area contributed by atoms with E-state index in [1.807, 2.05) is 0 Å². The van der Waals surface area contributed by atoms with E-state index in [-0.39, 0.29) is 35.6 Å². The van der Waals surface area contributed by atoms with Crippen LogP contribution in [-0.2, 0) is 14.8 Å². The van der Waals surface area contributed by atoms with Crippen molar-refractivity contribution in [2.45, 2.75) is 68.7 Å². The molecule has 2 aliphatic carbocycles. The van der Waals surface area contributed by atoms with Crippen molar-refractivity contribution >= 4 is 28.3 Å². The van der Waals surface area contributed by atoms with Gasteiger partial charge in [-0.25, -0.2) is 12.7 Å². The normalized spacial score (nSPS) is 30.0. The minimum atomic E-state index is -3.06. The van der Waals surface area contributed by atoms with Crippen molar-refractivity contribution in [3.8, 4) is 0 Å². The van der Waals surface area contributed by atoms with Crippen LogP contribution in [0.5, 0.6) is 0 Å². The summed E-state index contributed by atoms with van der Waals surface area (Å²) < 4.78 is 25.9. The summed E-state index contributed by atoms with van der Waals surface area (Å²) in [5, 5.41) is 2.93. The van der Waals surface area contributed by atoms with E-state index in [1.54, 1.807) is 4.31 Å². The minimum Gasteiger partial charge on any atom is -0.353 e. The molecule has 6 nitrogen and oxygen atoms in total. The number of carbonyl (C=O) groups is 1. The molecule has 3 fully saturated rings. The van der Waals surface area contributed by atoms with Crippen molar-refractivity contribution in [3.05, 3.63) is 0 Å². The second-order valence-electron chi connectivity index (χ2n) is 7.04. The van der Waals surface area contributed by atoms with Crippen LogP contribution in [0.25, 0.3) is 0 Å². The van der Waals surface area contributed by atoms with E-state index in [0.29, 0.717) is 38.3 Å². The van der Waals surface area contributed by atoms with E-state index >= 15 is 0 Å². The lowest BCUT2D eigenvalue weighted by Crippen LogP contribution is -2.47. The second-order valence-corrected chi connectivity index (χ2v) is 9.26. The Hall–Kier alpha value is -0.370. The first-order chi connectivity index (χ1) is 10.5. The van der Waals surface area contributed by atoms with Crippen LogP contribution in [0.3, 0.4) is 0 Å². The molecule has 1 amide bonds. The van der Waals surface area contributed by atoms with Gasteiger partial charge in [0.05, 0.1) is 5.25 Å².